The van der Waals surface area contributed by atoms with Crippen molar-refractivity contribution >= 4 is 27.6 Å². The molecule has 1 aliphatic rings. The summed E-state index contributed by atoms with van der Waals surface area (Å²) in [5.41, 5.74) is 7.00. The number of nitrogens with one attached hydrogen (secondary N) is 4. The van der Waals surface area contributed by atoms with E-state index in [9.17, 15) is 18.3 Å². The fourth-order valence-corrected chi connectivity index (χ4v) is 6.01. The Kier molecular flexibility index (Phi) is 8.42. The number of rotatable bonds is 9. The molecule has 11 nitrogen and oxygen atoms in total. The number of carbonyl (C=O) groups excluding carboxylic acids is 1. The van der Waals surface area contributed by atoms with E-state index in [0.29, 0.717) is 28.8 Å². The van der Waals surface area contributed by atoms with Gasteiger partial charge in [0.1, 0.15) is 11.4 Å². The molecule has 0 radical (unpaired) electrons. The van der Waals surface area contributed by atoms with Gasteiger partial charge in [0.25, 0.3) is 15.9 Å². The van der Waals surface area contributed by atoms with E-state index in [1.807, 2.05) is 20.8 Å². The number of fused-ring (bicyclic) bond motifs is 1. The minimum atomic E-state index is -4.07. The van der Waals surface area contributed by atoms with E-state index >= 15 is 0 Å². The average Bonchev–Trinajstić information content (AvgIpc) is 3.16. The van der Waals surface area contributed by atoms with Crippen LogP contribution in [-0.2, 0) is 27.8 Å². The van der Waals surface area contributed by atoms with Crippen molar-refractivity contribution in [2.75, 3.05) is 11.9 Å². The molecule has 1 heterocycles. The SMILES string of the molecule is Cc1c(C)c(S(=O)(=O)NC(=N)NCCC[C@@](N)(O)C(=O)Nc2ccc(CO)cc2)c(C)c2c1OC(C)(C)C2. The van der Waals surface area contributed by atoms with Crippen LogP contribution in [0.3, 0.4) is 0 Å². The molecule has 1 aliphatic heterocycles. The molecule has 0 aliphatic carbocycles. The Balaban J connectivity index is 1.57. The summed E-state index contributed by atoms with van der Waals surface area (Å²) in [5.74, 6) is -0.528. The van der Waals surface area contributed by atoms with Crippen LogP contribution in [0.5, 0.6) is 5.75 Å². The van der Waals surface area contributed by atoms with Crippen LogP contribution in [0.1, 0.15) is 54.5 Å². The van der Waals surface area contributed by atoms with E-state index < -0.39 is 33.2 Å². The molecule has 0 saturated carbocycles. The smallest absolute Gasteiger partial charge is 0.271 e. The van der Waals surface area contributed by atoms with Gasteiger partial charge < -0.3 is 25.6 Å². The molecule has 38 heavy (non-hydrogen) atoms. The number of ether oxygens (including phenoxy) is 1. The highest BCUT2D eigenvalue weighted by Gasteiger charge is 2.37. The summed E-state index contributed by atoms with van der Waals surface area (Å²) >= 11 is 0. The lowest BCUT2D eigenvalue weighted by Crippen LogP contribution is -2.51. The number of hydrogen-bond acceptors (Lipinski definition) is 8. The molecule has 0 bridgehead atoms. The summed E-state index contributed by atoms with van der Waals surface area (Å²) < 4.78 is 34.8. The van der Waals surface area contributed by atoms with E-state index in [0.717, 1.165) is 16.9 Å². The Hall–Kier alpha value is -3.19. The number of hydrogen-bond donors (Lipinski definition) is 7. The molecule has 208 valence electrons. The molecule has 0 saturated heterocycles. The minimum Gasteiger partial charge on any atom is -0.487 e. The quantitative estimate of drug-likeness (QED) is 0.107. The molecule has 0 unspecified atom stereocenters. The summed E-state index contributed by atoms with van der Waals surface area (Å²) in [5, 5.41) is 32.7. The third-order valence-corrected chi connectivity index (χ3v) is 8.24. The third kappa shape index (κ3) is 6.44. The van der Waals surface area contributed by atoms with Crippen LogP contribution in [0, 0.1) is 26.2 Å². The van der Waals surface area contributed by atoms with Gasteiger partial charge in [-0.3, -0.25) is 15.9 Å². The molecule has 2 aromatic rings. The van der Waals surface area contributed by atoms with Crippen molar-refractivity contribution < 1.29 is 28.2 Å². The maximum absolute atomic E-state index is 13.2. The summed E-state index contributed by atoms with van der Waals surface area (Å²) in [6, 6.07) is 6.41. The zero-order chi connectivity index (χ0) is 28.5. The summed E-state index contributed by atoms with van der Waals surface area (Å²) in [4.78, 5) is 12.5. The van der Waals surface area contributed by atoms with Crippen molar-refractivity contribution in [3.63, 3.8) is 0 Å². The number of nitrogens with two attached hydrogens (primary N) is 1. The highest BCUT2D eigenvalue weighted by atomic mass is 32.2. The monoisotopic (exact) mass is 547 g/mol. The van der Waals surface area contributed by atoms with Gasteiger partial charge in [0.15, 0.2) is 5.72 Å². The molecule has 2 aromatic carbocycles. The molecular weight excluding hydrogens is 510 g/mol. The van der Waals surface area contributed by atoms with E-state index in [1.165, 1.54) is 0 Å². The van der Waals surface area contributed by atoms with Gasteiger partial charge in [-0.05, 0) is 75.4 Å². The van der Waals surface area contributed by atoms with Crippen LogP contribution in [0.2, 0.25) is 0 Å². The number of guanidine groups is 1. The molecule has 12 heteroatoms. The first kappa shape index (κ1) is 29.4. The fraction of sp³-hybridized carbons (Fsp3) is 0.462. The minimum absolute atomic E-state index is 0.0859. The van der Waals surface area contributed by atoms with Crippen molar-refractivity contribution in [3.8, 4) is 5.75 Å². The topological polar surface area (TPSA) is 187 Å². The predicted molar refractivity (Wildman–Crippen MR) is 144 cm³/mol. The maximum atomic E-state index is 13.2. The Morgan fingerprint density at radius 3 is 2.39 bits per heavy atom. The van der Waals surface area contributed by atoms with Gasteiger partial charge in [-0.15, -0.1) is 0 Å². The van der Waals surface area contributed by atoms with Crippen LogP contribution in [0.25, 0.3) is 0 Å². The first-order valence-electron chi connectivity index (χ1n) is 12.3. The van der Waals surface area contributed by atoms with Crippen LogP contribution in [-0.4, -0.2) is 48.4 Å². The summed E-state index contributed by atoms with van der Waals surface area (Å²) in [6.07, 6.45) is 0.617. The molecule has 3 rings (SSSR count). The zero-order valence-corrected chi connectivity index (χ0v) is 23.2. The van der Waals surface area contributed by atoms with Gasteiger partial charge >= 0.3 is 0 Å². The van der Waals surface area contributed by atoms with Gasteiger partial charge in [-0.25, -0.2) is 13.1 Å². The molecule has 1 amide bonds. The van der Waals surface area contributed by atoms with Crippen LogP contribution in [0.4, 0.5) is 5.69 Å². The first-order valence-corrected chi connectivity index (χ1v) is 13.8. The summed E-state index contributed by atoms with van der Waals surface area (Å²) in [6.45, 7) is 9.15. The van der Waals surface area contributed by atoms with Crippen LogP contribution in [0.15, 0.2) is 29.2 Å². The van der Waals surface area contributed by atoms with Gasteiger partial charge in [0.05, 0.1) is 11.5 Å². The number of anilines is 1. The number of sulfonamides is 1. The lowest BCUT2D eigenvalue weighted by molar-refractivity contribution is -0.134. The van der Waals surface area contributed by atoms with Crippen molar-refractivity contribution in [2.24, 2.45) is 5.73 Å². The number of amides is 1. The van der Waals surface area contributed by atoms with Gasteiger partial charge in [0, 0.05) is 30.6 Å². The predicted octanol–water partition coefficient (Wildman–Crippen LogP) is 1.69. The number of aliphatic hydroxyl groups is 2. The fourth-order valence-electron chi connectivity index (χ4n) is 4.49. The Morgan fingerprint density at radius 1 is 1.16 bits per heavy atom. The zero-order valence-electron chi connectivity index (χ0n) is 22.4. The normalized spacial score (nSPS) is 15.7. The molecule has 0 aromatic heterocycles. The molecule has 0 fully saturated rings. The Bertz CT molecular complexity index is 1340. The van der Waals surface area contributed by atoms with Crippen molar-refractivity contribution in [1.29, 1.82) is 5.41 Å². The second-order valence-electron chi connectivity index (χ2n) is 10.3. The standard InChI is InChI=1S/C26H37N5O6S/c1-15-16(2)22(17(3)20-13-25(4,5)37-21(15)20)38(35,36)31-24(27)29-12-6-11-26(28,34)23(33)30-19-9-7-18(14-32)8-10-19/h7-10,32,34H,6,11-14,28H2,1-5H3,(H,30,33)(H3,27,29,31)/t26-/m1/s1. The number of benzene rings is 2. The lowest BCUT2D eigenvalue weighted by atomic mass is 9.94. The van der Waals surface area contributed by atoms with Crippen molar-refractivity contribution in [3.05, 3.63) is 52.1 Å². The van der Waals surface area contributed by atoms with E-state index in [4.69, 9.17) is 21.0 Å². The third-order valence-electron chi connectivity index (χ3n) is 6.62. The van der Waals surface area contributed by atoms with E-state index in [1.54, 1.807) is 38.1 Å². The molecule has 0 spiro atoms. The van der Waals surface area contributed by atoms with E-state index in [2.05, 4.69) is 15.4 Å². The lowest BCUT2D eigenvalue weighted by Gasteiger charge is -2.22. The molecule has 8 N–H and O–H groups in total. The second kappa shape index (κ2) is 10.9. The van der Waals surface area contributed by atoms with Crippen molar-refractivity contribution in [1.82, 2.24) is 10.0 Å². The van der Waals surface area contributed by atoms with Gasteiger partial charge in [0.2, 0.25) is 5.96 Å². The van der Waals surface area contributed by atoms with Gasteiger partial charge in [-0.1, -0.05) is 12.1 Å². The number of carbonyl (C=O) groups is 1. The maximum Gasteiger partial charge on any atom is 0.271 e. The summed E-state index contributed by atoms with van der Waals surface area (Å²) in [7, 11) is -4.07. The van der Waals surface area contributed by atoms with Crippen LogP contribution < -0.4 is 25.8 Å². The highest BCUT2D eigenvalue weighted by molar-refractivity contribution is 7.90. The Morgan fingerprint density at radius 2 is 1.79 bits per heavy atom. The Labute approximate surface area is 223 Å². The van der Waals surface area contributed by atoms with Crippen molar-refractivity contribution in [2.45, 2.75) is 76.7 Å². The van der Waals surface area contributed by atoms with E-state index in [-0.39, 0.29) is 30.9 Å². The highest BCUT2D eigenvalue weighted by Crippen LogP contribution is 2.43. The largest absolute Gasteiger partial charge is 0.487 e. The van der Waals surface area contributed by atoms with Gasteiger partial charge in [-0.2, -0.15) is 0 Å². The second-order valence-corrected chi connectivity index (χ2v) is 11.9. The number of aliphatic hydroxyl groups excluding tert-OH is 1. The average molecular weight is 548 g/mol. The molecular formula is C26H37N5O6S. The molecule has 1 atom stereocenters. The van der Waals surface area contributed by atoms with Crippen LogP contribution >= 0.6 is 0 Å². The first-order chi connectivity index (χ1) is 17.6.